The minimum Gasteiger partial charge on any atom is -0.326 e. The molecule has 1 amide bonds. The molecule has 1 fully saturated rings. The molecule has 0 aromatic heterocycles. The van der Waals surface area contributed by atoms with Crippen molar-refractivity contribution in [3.05, 3.63) is 35.9 Å². The molecule has 0 spiro atoms. The van der Waals surface area contributed by atoms with Gasteiger partial charge in [-0.3, -0.25) is 4.79 Å². The van der Waals surface area contributed by atoms with Crippen molar-refractivity contribution < 1.29 is 4.79 Å². The van der Waals surface area contributed by atoms with Crippen molar-refractivity contribution in [3.63, 3.8) is 0 Å². The van der Waals surface area contributed by atoms with Gasteiger partial charge < -0.3 is 4.90 Å². The number of rotatable bonds is 3. The van der Waals surface area contributed by atoms with E-state index in [1.807, 2.05) is 34.9 Å². The summed E-state index contributed by atoms with van der Waals surface area (Å²) in [5, 5.41) is 0.224. The number of nitrogens with zero attached hydrogens (tertiary/aromatic N) is 1. The minimum absolute atomic E-state index is 0.224. The lowest BCUT2D eigenvalue weighted by molar-refractivity contribution is -0.132. The molecule has 1 aliphatic heterocycles. The van der Waals surface area contributed by atoms with E-state index in [4.69, 9.17) is 0 Å². The lowest BCUT2D eigenvalue weighted by Gasteiger charge is -2.24. The molecule has 2 nitrogen and oxygen atoms in total. The van der Waals surface area contributed by atoms with Crippen LogP contribution >= 0.6 is 11.8 Å². The van der Waals surface area contributed by atoms with Crippen LogP contribution in [0.2, 0.25) is 0 Å². The van der Waals surface area contributed by atoms with Gasteiger partial charge in [-0.15, -0.1) is 11.8 Å². The van der Waals surface area contributed by atoms with E-state index in [1.54, 1.807) is 0 Å². The van der Waals surface area contributed by atoms with Crippen molar-refractivity contribution in [2.24, 2.45) is 5.92 Å². The molecule has 1 aromatic carbocycles. The van der Waals surface area contributed by atoms with Crippen LogP contribution in [0.4, 0.5) is 0 Å². The molecule has 0 bridgehead atoms. The van der Waals surface area contributed by atoms with Crippen LogP contribution in [0.15, 0.2) is 30.3 Å². The monoisotopic (exact) mass is 249 g/mol. The van der Waals surface area contributed by atoms with Gasteiger partial charge in [0.15, 0.2) is 0 Å². The first kappa shape index (κ1) is 12.5. The molecule has 0 aliphatic carbocycles. The zero-order valence-corrected chi connectivity index (χ0v) is 11.2. The quantitative estimate of drug-likeness (QED) is 0.819. The van der Waals surface area contributed by atoms with Gasteiger partial charge in [-0.25, -0.2) is 0 Å². The SMILES string of the molecule is CC(C)CC(=O)N1CCS[C@@H]1c1ccccc1. The fourth-order valence-electron chi connectivity index (χ4n) is 2.09. The number of hydrogen-bond donors (Lipinski definition) is 0. The molecule has 1 heterocycles. The molecule has 3 heteroatoms. The average Bonchev–Trinajstić information content (AvgIpc) is 2.78. The Hall–Kier alpha value is -0.960. The van der Waals surface area contributed by atoms with Gasteiger partial charge in [-0.05, 0) is 11.5 Å². The average molecular weight is 249 g/mol. The predicted molar refractivity (Wildman–Crippen MR) is 72.8 cm³/mol. The summed E-state index contributed by atoms with van der Waals surface area (Å²) in [6, 6.07) is 10.3. The zero-order valence-electron chi connectivity index (χ0n) is 10.4. The van der Waals surface area contributed by atoms with Crippen LogP contribution in [0.3, 0.4) is 0 Å². The van der Waals surface area contributed by atoms with E-state index in [-0.39, 0.29) is 5.37 Å². The third kappa shape index (κ3) is 3.03. The highest BCUT2D eigenvalue weighted by Crippen LogP contribution is 2.38. The van der Waals surface area contributed by atoms with E-state index in [1.165, 1.54) is 5.56 Å². The number of hydrogen-bond acceptors (Lipinski definition) is 2. The van der Waals surface area contributed by atoms with Gasteiger partial charge in [-0.1, -0.05) is 44.2 Å². The summed E-state index contributed by atoms with van der Waals surface area (Å²) in [6.07, 6.45) is 0.657. The van der Waals surface area contributed by atoms with E-state index in [2.05, 4.69) is 26.0 Å². The maximum Gasteiger partial charge on any atom is 0.224 e. The number of thioether (sulfide) groups is 1. The lowest BCUT2D eigenvalue weighted by Crippen LogP contribution is -2.31. The third-order valence-electron chi connectivity index (χ3n) is 2.88. The largest absolute Gasteiger partial charge is 0.326 e. The van der Waals surface area contributed by atoms with Crippen LogP contribution < -0.4 is 0 Å². The Morgan fingerprint density at radius 1 is 1.41 bits per heavy atom. The number of benzene rings is 1. The molecule has 1 aliphatic rings. The van der Waals surface area contributed by atoms with Crippen LogP contribution in [-0.2, 0) is 4.79 Å². The number of amides is 1. The summed E-state index contributed by atoms with van der Waals surface area (Å²) in [7, 11) is 0. The predicted octanol–water partition coefficient (Wildman–Crippen LogP) is 3.31. The van der Waals surface area contributed by atoms with Crippen LogP contribution in [0.5, 0.6) is 0 Å². The molecule has 1 aromatic rings. The summed E-state index contributed by atoms with van der Waals surface area (Å²) >= 11 is 1.86. The van der Waals surface area contributed by atoms with Gasteiger partial charge in [0.2, 0.25) is 5.91 Å². The second kappa shape index (κ2) is 5.58. The fourth-order valence-corrected chi connectivity index (χ4v) is 3.36. The number of carbonyl (C=O) groups excluding carboxylic acids is 1. The van der Waals surface area contributed by atoms with E-state index >= 15 is 0 Å². The smallest absolute Gasteiger partial charge is 0.224 e. The molecule has 0 unspecified atom stereocenters. The summed E-state index contributed by atoms with van der Waals surface area (Å²) in [5.74, 6) is 1.77. The highest BCUT2D eigenvalue weighted by atomic mass is 32.2. The first-order valence-corrected chi connectivity index (χ1v) is 7.19. The van der Waals surface area contributed by atoms with E-state index in [0.29, 0.717) is 18.2 Å². The van der Waals surface area contributed by atoms with E-state index in [0.717, 1.165) is 12.3 Å². The normalized spacial score (nSPS) is 19.9. The van der Waals surface area contributed by atoms with Crippen molar-refractivity contribution in [1.29, 1.82) is 0 Å². The second-order valence-electron chi connectivity index (χ2n) is 4.82. The van der Waals surface area contributed by atoms with Gasteiger partial charge in [0.05, 0.1) is 0 Å². The summed E-state index contributed by atoms with van der Waals surface area (Å²) < 4.78 is 0. The molecule has 1 saturated heterocycles. The van der Waals surface area contributed by atoms with E-state index < -0.39 is 0 Å². The minimum atomic E-state index is 0.224. The molecule has 17 heavy (non-hydrogen) atoms. The lowest BCUT2D eigenvalue weighted by atomic mass is 10.1. The first-order chi connectivity index (χ1) is 8.18. The van der Waals surface area contributed by atoms with Crippen molar-refractivity contribution >= 4 is 17.7 Å². The molecule has 0 N–H and O–H groups in total. The first-order valence-electron chi connectivity index (χ1n) is 6.14. The molecule has 0 radical (unpaired) electrons. The Morgan fingerprint density at radius 3 is 2.76 bits per heavy atom. The molecular weight excluding hydrogens is 230 g/mol. The van der Waals surface area contributed by atoms with Gasteiger partial charge >= 0.3 is 0 Å². The zero-order chi connectivity index (χ0) is 12.3. The van der Waals surface area contributed by atoms with E-state index in [9.17, 15) is 4.79 Å². The van der Waals surface area contributed by atoms with Gasteiger partial charge in [0.1, 0.15) is 5.37 Å². The number of carbonyl (C=O) groups is 1. The maximum atomic E-state index is 12.2. The van der Waals surface area contributed by atoms with Crippen molar-refractivity contribution in [2.45, 2.75) is 25.6 Å². The Bertz CT molecular complexity index is 377. The van der Waals surface area contributed by atoms with Crippen molar-refractivity contribution in [1.82, 2.24) is 4.90 Å². The molecule has 0 saturated carbocycles. The molecular formula is C14H19NOS. The third-order valence-corrected chi connectivity index (χ3v) is 4.14. The fraction of sp³-hybridized carbons (Fsp3) is 0.500. The van der Waals surface area contributed by atoms with Crippen LogP contribution in [0, 0.1) is 5.92 Å². The van der Waals surface area contributed by atoms with Crippen LogP contribution in [0.25, 0.3) is 0 Å². The van der Waals surface area contributed by atoms with Gasteiger partial charge in [0.25, 0.3) is 0 Å². The Morgan fingerprint density at radius 2 is 2.12 bits per heavy atom. The Balaban J connectivity index is 2.10. The van der Waals surface area contributed by atoms with Gasteiger partial charge in [0, 0.05) is 18.7 Å². The Kier molecular flexibility index (Phi) is 4.11. The topological polar surface area (TPSA) is 20.3 Å². The summed E-state index contributed by atoms with van der Waals surface area (Å²) in [4.78, 5) is 14.2. The highest BCUT2D eigenvalue weighted by Gasteiger charge is 2.30. The van der Waals surface area contributed by atoms with Crippen molar-refractivity contribution in [3.8, 4) is 0 Å². The second-order valence-corrected chi connectivity index (χ2v) is 6.01. The molecule has 2 rings (SSSR count). The standard InChI is InChI=1S/C14H19NOS/c1-11(2)10-13(16)15-8-9-17-14(15)12-6-4-3-5-7-12/h3-7,11,14H,8-10H2,1-2H3/t14-/m1/s1. The Labute approximate surface area is 107 Å². The summed E-state index contributed by atoms with van der Waals surface area (Å²) in [6.45, 7) is 5.08. The summed E-state index contributed by atoms with van der Waals surface area (Å²) in [5.41, 5.74) is 1.24. The van der Waals surface area contributed by atoms with Gasteiger partial charge in [-0.2, -0.15) is 0 Å². The van der Waals surface area contributed by atoms with Crippen LogP contribution in [0.1, 0.15) is 31.2 Å². The highest BCUT2D eigenvalue weighted by molar-refractivity contribution is 7.99. The molecule has 92 valence electrons. The molecule has 1 atom stereocenters. The van der Waals surface area contributed by atoms with Crippen LogP contribution in [-0.4, -0.2) is 23.1 Å². The maximum absolute atomic E-state index is 12.2. The van der Waals surface area contributed by atoms with Crippen molar-refractivity contribution in [2.75, 3.05) is 12.3 Å².